The molecule has 0 saturated carbocycles. The van der Waals surface area contributed by atoms with Crippen LogP contribution in [0, 0.1) is 18.3 Å². The summed E-state index contributed by atoms with van der Waals surface area (Å²) in [6.07, 6.45) is 0. The van der Waals surface area contributed by atoms with E-state index in [9.17, 15) is 0 Å². The molecule has 0 amide bonds. The molecule has 0 radical (unpaired) electrons. The fourth-order valence-corrected chi connectivity index (χ4v) is 2.22. The number of pyridine rings is 1. The van der Waals surface area contributed by atoms with Crippen molar-refractivity contribution >= 4 is 28.3 Å². The summed E-state index contributed by atoms with van der Waals surface area (Å²) in [5, 5.41) is 12.3. The molecule has 2 heterocycles. The molecule has 0 bridgehead atoms. The van der Waals surface area contributed by atoms with E-state index in [0.717, 1.165) is 11.2 Å². The first-order valence-electron chi connectivity index (χ1n) is 7.08. The lowest BCUT2D eigenvalue weighted by atomic mass is 10.2. The van der Waals surface area contributed by atoms with Gasteiger partial charge in [0, 0.05) is 24.7 Å². The van der Waals surface area contributed by atoms with Crippen LogP contribution in [0.2, 0.25) is 0 Å². The highest BCUT2D eigenvalue weighted by Crippen LogP contribution is 2.28. The number of ether oxygens (including phenoxy) is 1. The molecule has 0 unspecified atom stereocenters. The highest BCUT2D eigenvalue weighted by molar-refractivity contribution is 5.79. The van der Waals surface area contributed by atoms with E-state index < -0.39 is 0 Å². The van der Waals surface area contributed by atoms with Crippen LogP contribution in [0.1, 0.15) is 18.4 Å². The fraction of sp³-hybridized carbons (Fsp3) is 0.188. The molecule has 0 spiro atoms. The first-order chi connectivity index (χ1) is 11.1. The van der Waals surface area contributed by atoms with Crippen molar-refractivity contribution in [2.24, 2.45) is 0 Å². The zero-order chi connectivity index (χ0) is 16.4. The number of nitrogens with two attached hydrogens (primary N) is 1. The van der Waals surface area contributed by atoms with Crippen LogP contribution in [-0.2, 0) is 0 Å². The van der Waals surface area contributed by atoms with Crippen molar-refractivity contribution in [3.8, 4) is 11.9 Å². The number of aryl methyl sites for hydroxylation is 1. The van der Waals surface area contributed by atoms with Gasteiger partial charge in [-0.15, -0.1) is 0 Å². The molecule has 116 valence electrons. The second-order valence-electron chi connectivity index (χ2n) is 4.86. The first kappa shape index (κ1) is 14.7. The van der Waals surface area contributed by atoms with Gasteiger partial charge in [-0.2, -0.15) is 10.2 Å². The molecule has 0 atom stereocenters. The Morgan fingerprint density at radius 1 is 1.35 bits per heavy atom. The summed E-state index contributed by atoms with van der Waals surface area (Å²) in [6, 6.07) is 9.14. The molecule has 3 aromatic rings. The molecule has 23 heavy (non-hydrogen) atoms. The fourth-order valence-electron chi connectivity index (χ4n) is 2.22. The molecule has 0 aliphatic rings. The van der Waals surface area contributed by atoms with Crippen LogP contribution in [0.3, 0.4) is 0 Å². The summed E-state index contributed by atoms with van der Waals surface area (Å²) in [6.45, 7) is 4.01. The third kappa shape index (κ3) is 2.87. The average Bonchev–Trinajstić information content (AvgIpc) is 2.87. The zero-order valence-electron chi connectivity index (χ0n) is 12.8. The summed E-state index contributed by atoms with van der Waals surface area (Å²) in [5.74, 6) is 1.31. The minimum Gasteiger partial charge on any atom is -0.477 e. The lowest BCUT2D eigenvalue weighted by Gasteiger charge is -2.11. The van der Waals surface area contributed by atoms with Crippen molar-refractivity contribution in [1.29, 1.82) is 5.26 Å². The number of oxazole rings is 1. The summed E-state index contributed by atoms with van der Waals surface area (Å²) < 4.78 is 10.9. The van der Waals surface area contributed by atoms with Gasteiger partial charge >= 0.3 is 0 Å². The Bertz CT molecular complexity index is 911. The molecule has 0 fully saturated rings. The number of fused-ring (bicyclic) bond motifs is 1. The summed E-state index contributed by atoms with van der Waals surface area (Å²) in [7, 11) is 0. The third-order valence-corrected chi connectivity index (χ3v) is 3.18. The van der Waals surface area contributed by atoms with Gasteiger partial charge < -0.3 is 20.2 Å². The van der Waals surface area contributed by atoms with Gasteiger partial charge in [0.15, 0.2) is 11.5 Å². The van der Waals surface area contributed by atoms with Crippen molar-refractivity contribution in [3.05, 3.63) is 35.7 Å². The minimum atomic E-state index is 0.217. The maximum atomic E-state index is 9.14. The van der Waals surface area contributed by atoms with E-state index in [1.165, 1.54) is 0 Å². The lowest BCUT2D eigenvalue weighted by Crippen LogP contribution is -2.04. The number of nitrogen functional groups attached to an aromatic ring is 1. The van der Waals surface area contributed by atoms with Crippen LogP contribution in [0.4, 0.5) is 17.2 Å². The highest BCUT2D eigenvalue weighted by Gasteiger charge is 2.12. The van der Waals surface area contributed by atoms with E-state index in [-0.39, 0.29) is 11.4 Å². The lowest BCUT2D eigenvalue weighted by molar-refractivity contribution is 0.326. The number of nitrogens with zero attached hydrogens (tertiary/aromatic N) is 3. The smallest absolute Gasteiger partial charge is 0.235 e. The second kappa shape index (κ2) is 5.85. The first-order valence-corrected chi connectivity index (χ1v) is 7.08. The Morgan fingerprint density at radius 2 is 2.17 bits per heavy atom. The zero-order valence-corrected chi connectivity index (χ0v) is 12.8. The normalized spacial score (nSPS) is 10.5. The van der Waals surface area contributed by atoms with E-state index in [0.29, 0.717) is 29.6 Å². The average molecular weight is 309 g/mol. The number of benzene rings is 1. The quantitative estimate of drug-likeness (QED) is 0.761. The van der Waals surface area contributed by atoms with E-state index in [4.69, 9.17) is 20.1 Å². The number of nitriles is 1. The number of hydrogen-bond donors (Lipinski definition) is 2. The molecule has 7 nitrogen and oxygen atoms in total. The number of rotatable bonds is 4. The predicted molar refractivity (Wildman–Crippen MR) is 86.6 cm³/mol. The van der Waals surface area contributed by atoms with Gasteiger partial charge in [0.25, 0.3) is 0 Å². The SMILES string of the molecule is CCOc1nc(Nc2ccc3nc(C)oc3c2)cc(N)c1C#N. The van der Waals surface area contributed by atoms with Crippen LogP contribution >= 0.6 is 0 Å². The Kier molecular flexibility index (Phi) is 3.73. The summed E-state index contributed by atoms with van der Waals surface area (Å²) in [4.78, 5) is 8.54. The van der Waals surface area contributed by atoms with Crippen LogP contribution in [0.5, 0.6) is 5.88 Å². The molecule has 0 aliphatic carbocycles. The number of anilines is 3. The Balaban J connectivity index is 1.96. The van der Waals surface area contributed by atoms with E-state index in [1.54, 1.807) is 13.0 Å². The van der Waals surface area contributed by atoms with Gasteiger partial charge in [-0.3, -0.25) is 0 Å². The van der Waals surface area contributed by atoms with Crippen molar-refractivity contribution in [3.63, 3.8) is 0 Å². The molecule has 3 rings (SSSR count). The number of aromatic nitrogens is 2. The Morgan fingerprint density at radius 3 is 2.91 bits per heavy atom. The van der Waals surface area contributed by atoms with Gasteiger partial charge in [-0.05, 0) is 19.1 Å². The van der Waals surface area contributed by atoms with Crippen molar-refractivity contribution in [2.75, 3.05) is 17.7 Å². The second-order valence-corrected chi connectivity index (χ2v) is 4.86. The van der Waals surface area contributed by atoms with Crippen molar-refractivity contribution < 1.29 is 9.15 Å². The topological polar surface area (TPSA) is 110 Å². The molecule has 3 N–H and O–H groups in total. The maximum absolute atomic E-state index is 9.14. The van der Waals surface area contributed by atoms with Crippen LogP contribution in [0.25, 0.3) is 11.1 Å². The van der Waals surface area contributed by atoms with Crippen LogP contribution in [0.15, 0.2) is 28.7 Å². The molecular weight excluding hydrogens is 294 g/mol. The van der Waals surface area contributed by atoms with Crippen molar-refractivity contribution in [2.45, 2.75) is 13.8 Å². The predicted octanol–water partition coefficient (Wildman–Crippen LogP) is 3.13. The molecule has 7 heteroatoms. The Hall–Kier alpha value is -3.27. The van der Waals surface area contributed by atoms with Gasteiger partial charge in [0.05, 0.1) is 12.3 Å². The number of hydrogen-bond acceptors (Lipinski definition) is 7. The molecule has 0 saturated heterocycles. The van der Waals surface area contributed by atoms with E-state index in [1.807, 2.05) is 31.2 Å². The van der Waals surface area contributed by atoms with Gasteiger partial charge in [0.2, 0.25) is 5.88 Å². The molecular formula is C16H15N5O2. The van der Waals surface area contributed by atoms with Gasteiger partial charge in [-0.1, -0.05) is 0 Å². The summed E-state index contributed by atoms with van der Waals surface area (Å²) in [5.41, 5.74) is 8.68. The monoisotopic (exact) mass is 309 g/mol. The maximum Gasteiger partial charge on any atom is 0.235 e. The standard InChI is InChI=1S/C16H15N5O2/c1-3-22-16-11(8-17)12(18)7-15(21-16)20-10-4-5-13-14(6-10)23-9(2)19-13/h4-7H,3H2,1-2H3,(H3,18,20,21). The van der Waals surface area contributed by atoms with Crippen LogP contribution in [-0.4, -0.2) is 16.6 Å². The van der Waals surface area contributed by atoms with Crippen LogP contribution < -0.4 is 15.8 Å². The minimum absolute atomic E-state index is 0.217. The molecule has 1 aromatic carbocycles. The van der Waals surface area contributed by atoms with Gasteiger partial charge in [-0.25, -0.2) is 4.98 Å². The third-order valence-electron chi connectivity index (χ3n) is 3.18. The largest absolute Gasteiger partial charge is 0.477 e. The molecule has 0 aliphatic heterocycles. The van der Waals surface area contributed by atoms with Gasteiger partial charge in [0.1, 0.15) is 23.0 Å². The Labute approximate surface area is 132 Å². The number of nitrogens with one attached hydrogen (secondary N) is 1. The highest BCUT2D eigenvalue weighted by atomic mass is 16.5. The summed E-state index contributed by atoms with van der Waals surface area (Å²) >= 11 is 0. The van der Waals surface area contributed by atoms with E-state index >= 15 is 0 Å². The molecule has 2 aromatic heterocycles. The van der Waals surface area contributed by atoms with E-state index in [2.05, 4.69) is 15.3 Å². The van der Waals surface area contributed by atoms with Crippen molar-refractivity contribution in [1.82, 2.24) is 9.97 Å².